The molecule has 0 aliphatic heterocycles. The highest BCUT2D eigenvalue weighted by Crippen LogP contribution is 2.06. The number of unbranched alkanes of at least 4 members (excludes halogenated alkanes) is 1. The largest absolute Gasteiger partial charge is 0.0988 e. The van der Waals surface area contributed by atoms with E-state index in [0.717, 1.165) is 17.3 Å². The summed E-state index contributed by atoms with van der Waals surface area (Å²) in [6.07, 6.45) is 5.37. The molecule has 0 aromatic carbocycles. The van der Waals surface area contributed by atoms with E-state index >= 15 is 0 Å². The number of halogens is 1. The highest BCUT2D eigenvalue weighted by molar-refractivity contribution is 9.09. The molecule has 0 atom stereocenters. The van der Waals surface area contributed by atoms with E-state index in [2.05, 4.69) is 29.1 Å². The van der Waals surface area contributed by atoms with Gasteiger partial charge in [0.05, 0.1) is 0 Å². The first-order valence-corrected chi connectivity index (χ1v) is 4.29. The molecule has 0 saturated heterocycles. The molecule has 1 heteroatoms. The smallest absolute Gasteiger partial charge is 0.00314 e. The van der Waals surface area contributed by atoms with E-state index in [9.17, 15) is 0 Å². The molecule has 0 saturated carbocycles. The van der Waals surface area contributed by atoms with Gasteiger partial charge in [0, 0.05) is 5.33 Å². The van der Waals surface area contributed by atoms with Gasteiger partial charge in [0.15, 0.2) is 0 Å². The molecule has 0 amide bonds. The van der Waals surface area contributed by atoms with Gasteiger partial charge in [-0.15, -0.1) is 0 Å². The summed E-state index contributed by atoms with van der Waals surface area (Å²) < 4.78 is 0. The highest BCUT2D eigenvalue weighted by Gasteiger charge is 1.87. The average molecular weight is 189 g/mol. The van der Waals surface area contributed by atoms with Gasteiger partial charge in [0.2, 0.25) is 0 Å². The summed E-state index contributed by atoms with van der Waals surface area (Å²) >= 11 is 3.37. The van der Waals surface area contributed by atoms with Gasteiger partial charge >= 0.3 is 0 Å². The second-order valence-corrected chi connectivity index (χ2v) is 2.80. The van der Waals surface area contributed by atoms with Crippen molar-refractivity contribution in [3.63, 3.8) is 0 Å². The van der Waals surface area contributed by atoms with Gasteiger partial charge in [-0.2, -0.15) is 0 Å². The van der Waals surface area contributed by atoms with Gasteiger partial charge in [-0.1, -0.05) is 40.7 Å². The van der Waals surface area contributed by atoms with E-state index < -0.39 is 0 Å². The molecule has 0 spiro atoms. The molecule has 0 fully saturated rings. The number of hydrogen-bond donors (Lipinski definition) is 0. The third-order valence-corrected chi connectivity index (χ3v) is 1.73. The van der Waals surface area contributed by atoms with Crippen LogP contribution < -0.4 is 0 Å². The van der Waals surface area contributed by atoms with Crippen LogP contribution in [0.25, 0.3) is 0 Å². The monoisotopic (exact) mass is 188 g/mol. The van der Waals surface area contributed by atoms with Crippen molar-refractivity contribution in [1.29, 1.82) is 0 Å². The lowest BCUT2D eigenvalue weighted by molar-refractivity contribution is 0.811. The van der Waals surface area contributed by atoms with E-state index in [1.165, 1.54) is 12.8 Å². The topological polar surface area (TPSA) is 0 Å². The summed E-state index contributed by atoms with van der Waals surface area (Å²) in [7, 11) is 0. The minimum Gasteiger partial charge on any atom is -0.0988 e. The zero-order chi connectivity index (χ0) is 7.11. The van der Waals surface area contributed by atoms with Crippen LogP contribution in [-0.4, -0.2) is 5.33 Å². The van der Waals surface area contributed by atoms with Crippen molar-refractivity contribution in [2.45, 2.75) is 19.3 Å². The minimum absolute atomic E-state index is 1.09. The molecule has 0 aromatic heterocycles. The Balaban J connectivity index is 3.07. The average Bonchev–Trinajstić information content (AvgIpc) is 1.89. The van der Waals surface area contributed by atoms with E-state index in [4.69, 9.17) is 0 Å². The number of rotatable bonds is 5. The van der Waals surface area contributed by atoms with Crippen LogP contribution in [0.2, 0.25) is 0 Å². The molecule has 52 valence electrons. The second kappa shape index (κ2) is 6.09. The van der Waals surface area contributed by atoms with Gasteiger partial charge in [0.1, 0.15) is 0 Å². The first-order chi connectivity index (χ1) is 4.31. The van der Waals surface area contributed by atoms with E-state index in [1.54, 1.807) is 0 Å². The normalized spacial score (nSPS) is 9.00. The SMILES string of the molecule is C=CC(=C)CCCCBr. The van der Waals surface area contributed by atoms with Crippen molar-refractivity contribution in [2.24, 2.45) is 0 Å². The van der Waals surface area contributed by atoms with Crippen molar-refractivity contribution >= 4 is 15.9 Å². The summed E-state index contributed by atoms with van der Waals surface area (Å²) in [5.74, 6) is 0. The zero-order valence-corrected chi connectivity index (χ0v) is 7.28. The molecule has 0 bridgehead atoms. The van der Waals surface area contributed by atoms with Gasteiger partial charge in [-0.3, -0.25) is 0 Å². The van der Waals surface area contributed by atoms with Crippen LogP contribution in [0.5, 0.6) is 0 Å². The Bertz CT molecular complexity index is 94.7. The maximum Gasteiger partial charge on any atom is 0.00314 e. The molecule has 0 nitrogen and oxygen atoms in total. The Morgan fingerprint density at radius 2 is 2.11 bits per heavy atom. The molecule has 9 heavy (non-hydrogen) atoms. The lowest BCUT2D eigenvalue weighted by Crippen LogP contribution is -1.78. The first-order valence-electron chi connectivity index (χ1n) is 3.17. The van der Waals surface area contributed by atoms with Gasteiger partial charge in [0.25, 0.3) is 0 Å². The summed E-state index contributed by atoms with van der Waals surface area (Å²) in [6, 6.07) is 0. The predicted molar refractivity (Wildman–Crippen MR) is 47.0 cm³/mol. The van der Waals surface area contributed by atoms with Crippen molar-refractivity contribution < 1.29 is 0 Å². The van der Waals surface area contributed by atoms with E-state index in [1.807, 2.05) is 6.08 Å². The number of allylic oxidation sites excluding steroid dienone is 2. The molecular weight excluding hydrogens is 176 g/mol. The van der Waals surface area contributed by atoms with Crippen LogP contribution in [0.1, 0.15) is 19.3 Å². The van der Waals surface area contributed by atoms with Crippen molar-refractivity contribution in [3.05, 3.63) is 24.8 Å². The van der Waals surface area contributed by atoms with Gasteiger partial charge in [-0.05, 0) is 19.3 Å². The molecule has 0 aliphatic carbocycles. The molecule has 0 unspecified atom stereocenters. The van der Waals surface area contributed by atoms with Gasteiger partial charge < -0.3 is 0 Å². The summed E-state index contributed by atoms with van der Waals surface area (Å²) in [5, 5.41) is 1.09. The second-order valence-electron chi connectivity index (χ2n) is 2.01. The van der Waals surface area contributed by atoms with Crippen LogP contribution in [0, 0.1) is 0 Å². The highest BCUT2D eigenvalue weighted by atomic mass is 79.9. The maximum absolute atomic E-state index is 3.81. The fourth-order valence-corrected chi connectivity index (χ4v) is 0.945. The van der Waals surface area contributed by atoms with Crippen LogP contribution in [0.15, 0.2) is 24.8 Å². The third kappa shape index (κ3) is 5.84. The standard InChI is InChI=1S/C8H13Br/c1-3-8(2)6-4-5-7-9/h3H,1-2,4-7H2. The molecular formula is C8H13Br. The number of alkyl halides is 1. The number of hydrogen-bond acceptors (Lipinski definition) is 0. The lowest BCUT2D eigenvalue weighted by atomic mass is 10.1. The van der Waals surface area contributed by atoms with Crippen LogP contribution in [-0.2, 0) is 0 Å². The third-order valence-electron chi connectivity index (χ3n) is 1.17. The molecule has 0 rings (SSSR count). The Hall–Kier alpha value is -0.0400. The lowest BCUT2D eigenvalue weighted by Gasteiger charge is -1.95. The maximum atomic E-state index is 3.81. The summed E-state index contributed by atoms with van der Waals surface area (Å²) in [6.45, 7) is 7.44. The molecule has 0 aromatic rings. The van der Waals surface area contributed by atoms with Crippen LogP contribution in [0.3, 0.4) is 0 Å². The van der Waals surface area contributed by atoms with Crippen LogP contribution >= 0.6 is 15.9 Å². The van der Waals surface area contributed by atoms with Crippen molar-refractivity contribution in [1.82, 2.24) is 0 Å². The Morgan fingerprint density at radius 3 is 2.56 bits per heavy atom. The molecule has 0 radical (unpaired) electrons. The first kappa shape index (κ1) is 8.96. The fraction of sp³-hybridized carbons (Fsp3) is 0.500. The van der Waals surface area contributed by atoms with E-state index in [0.29, 0.717) is 0 Å². The summed E-state index contributed by atoms with van der Waals surface area (Å²) in [5.41, 5.74) is 1.15. The minimum atomic E-state index is 1.09. The Labute approximate surface area is 65.8 Å². The Morgan fingerprint density at radius 1 is 1.44 bits per heavy atom. The summed E-state index contributed by atoms with van der Waals surface area (Å²) in [4.78, 5) is 0. The quantitative estimate of drug-likeness (QED) is 0.353. The molecule has 0 heterocycles. The fourth-order valence-electron chi connectivity index (χ4n) is 0.549. The predicted octanol–water partition coefficient (Wildman–Crippen LogP) is 3.29. The van der Waals surface area contributed by atoms with Gasteiger partial charge in [-0.25, -0.2) is 0 Å². The zero-order valence-electron chi connectivity index (χ0n) is 5.70. The molecule has 0 aliphatic rings. The van der Waals surface area contributed by atoms with Crippen molar-refractivity contribution in [3.8, 4) is 0 Å². The van der Waals surface area contributed by atoms with Crippen molar-refractivity contribution in [2.75, 3.05) is 5.33 Å². The Kier molecular flexibility index (Phi) is 6.06. The van der Waals surface area contributed by atoms with Crippen LogP contribution in [0.4, 0.5) is 0 Å². The molecule has 0 N–H and O–H groups in total. The van der Waals surface area contributed by atoms with E-state index in [-0.39, 0.29) is 0 Å².